The zero-order valence-corrected chi connectivity index (χ0v) is 12.8. The van der Waals surface area contributed by atoms with Crippen molar-refractivity contribution in [1.29, 1.82) is 0 Å². The van der Waals surface area contributed by atoms with Crippen LogP contribution in [0.4, 0.5) is 5.69 Å². The number of para-hydroxylation sites is 1. The van der Waals surface area contributed by atoms with Gasteiger partial charge >= 0.3 is 0 Å². The Morgan fingerprint density at radius 3 is 2.74 bits per heavy atom. The minimum atomic E-state index is -0.437. The van der Waals surface area contributed by atoms with Crippen LogP contribution < -0.4 is 0 Å². The van der Waals surface area contributed by atoms with Crippen LogP contribution in [0.1, 0.15) is 9.67 Å². The molecule has 2 rings (SSSR count). The molecule has 0 amide bonds. The van der Waals surface area contributed by atoms with E-state index in [-0.39, 0.29) is 17.2 Å². The number of nitro benzene ring substituents is 1. The molecule has 4 nitrogen and oxygen atoms in total. The Labute approximate surface area is 126 Å². The smallest absolute Gasteiger partial charge is 0.282 e. The summed E-state index contributed by atoms with van der Waals surface area (Å²) in [6.07, 6.45) is 0. The summed E-state index contributed by atoms with van der Waals surface area (Å²) in [6.45, 7) is 0. The molecule has 0 saturated carbocycles. The highest BCUT2D eigenvalue weighted by Gasteiger charge is 2.16. The van der Waals surface area contributed by atoms with Gasteiger partial charge in [0.15, 0.2) is 5.78 Å². The van der Waals surface area contributed by atoms with E-state index >= 15 is 0 Å². The lowest BCUT2D eigenvalue weighted by molar-refractivity contribution is -0.387. The molecular weight excluding hydrogens is 350 g/mol. The molecule has 0 fully saturated rings. The summed E-state index contributed by atoms with van der Waals surface area (Å²) < 4.78 is 0.769. The first-order valence-electron chi connectivity index (χ1n) is 5.22. The quantitative estimate of drug-likeness (QED) is 0.344. The fourth-order valence-corrected chi connectivity index (χ4v) is 3.95. The Kier molecular flexibility index (Phi) is 4.73. The zero-order valence-electron chi connectivity index (χ0n) is 9.54. The maximum atomic E-state index is 12.0. The van der Waals surface area contributed by atoms with E-state index in [1.54, 1.807) is 18.2 Å². The van der Waals surface area contributed by atoms with E-state index < -0.39 is 4.92 Å². The molecule has 0 aliphatic rings. The van der Waals surface area contributed by atoms with E-state index in [0.717, 1.165) is 4.47 Å². The molecule has 0 N–H and O–H groups in total. The van der Waals surface area contributed by atoms with Crippen LogP contribution in [0.5, 0.6) is 0 Å². The van der Waals surface area contributed by atoms with Crippen molar-refractivity contribution in [3.05, 3.63) is 55.2 Å². The highest BCUT2D eigenvalue weighted by molar-refractivity contribution is 9.10. The summed E-state index contributed by atoms with van der Waals surface area (Å²) >= 11 is 5.85. The van der Waals surface area contributed by atoms with Gasteiger partial charge in [-0.1, -0.05) is 12.1 Å². The molecule has 98 valence electrons. The number of rotatable bonds is 5. The van der Waals surface area contributed by atoms with Crippen LogP contribution in [0, 0.1) is 10.1 Å². The predicted molar refractivity (Wildman–Crippen MR) is 80.2 cm³/mol. The predicted octanol–water partition coefficient (Wildman–Crippen LogP) is 4.39. The van der Waals surface area contributed by atoms with Crippen LogP contribution in [0.25, 0.3) is 0 Å². The molecule has 1 aromatic carbocycles. The van der Waals surface area contributed by atoms with E-state index in [0.29, 0.717) is 9.77 Å². The van der Waals surface area contributed by atoms with Crippen molar-refractivity contribution < 1.29 is 9.72 Å². The van der Waals surface area contributed by atoms with Gasteiger partial charge in [0.05, 0.1) is 20.4 Å². The van der Waals surface area contributed by atoms with E-state index in [1.807, 2.05) is 11.4 Å². The first-order valence-corrected chi connectivity index (χ1v) is 7.88. The minimum absolute atomic E-state index is 0.0329. The fraction of sp³-hybridized carbons (Fsp3) is 0.0833. The van der Waals surface area contributed by atoms with Crippen molar-refractivity contribution in [2.75, 3.05) is 5.75 Å². The average Bonchev–Trinajstić information content (AvgIpc) is 2.82. The lowest BCUT2D eigenvalue weighted by Gasteiger charge is -2.01. The van der Waals surface area contributed by atoms with Crippen LogP contribution in [-0.4, -0.2) is 16.5 Å². The van der Waals surface area contributed by atoms with Gasteiger partial charge in [-0.3, -0.25) is 14.9 Å². The Bertz CT molecular complexity index is 627. The molecule has 1 heterocycles. The van der Waals surface area contributed by atoms with Crippen LogP contribution in [-0.2, 0) is 0 Å². The van der Waals surface area contributed by atoms with Gasteiger partial charge in [-0.25, -0.2) is 0 Å². The maximum absolute atomic E-state index is 12.0. The monoisotopic (exact) mass is 357 g/mol. The molecule has 0 aliphatic heterocycles. The van der Waals surface area contributed by atoms with Gasteiger partial charge in [0.25, 0.3) is 5.69 Å². The van der Waals surface area contributed by atoms with Crippen molar-refractivity contribution in [2.45, 2.75) is 4.90 Å². The summed E-state index contributed by atoms with van der Waals surface area (Å²) in [4.78, 5) is 23.5. The summed E-state index contributed by atoms with van der Waals surface area (Å²) in [6, 6.07) is 8.24. The number of carbonyl (C=O) groups is 1. The minimum Gasteiger partial charge on any atom is -0.292 e. The molecule has 0 atom stereocenters. The number of Topliss-reactive ketones (excluding diaryl/α,β-unsaturated/α-hetero) is 1. The number of nitrogens with zero attached hydrogens (tertiary/aromatic N) is 1. The van der Waals surface area contributed by atoms with Gasteiger partial charge in [0.2, 0.25) is 0 Å². The average molecular weight is 358 g/mol. The van der Waals surface area contributed by atoms with E-state index in [9.17, 15) is 14.9 Å². The molecule has 0 unspecified atom stereocenters. The second-order valence-corrected chi connectivity index (χ2v) is 6.32. The lowest BCUT2D eigenvalue weighted by atomic mass is 10.3. The van der Waals surface area contributed by atoms with Crippen molar-refractivity contribution in [1.82, 2.24) is 0 Å². The van der Waals surface area contributed by atoms with Crippen LogP contribution in [0.15, 0.2) is 45.1 Å². The summed E-state index contributed by atoms with van der Waals surface area (Å²) in [5.41, 5.74) is 0.0329. The third-order valence-electron chi connectivity index (χ3n) is 2.29. The number of thioether (sulfide) groups is 1. The SMILES string of the molecule is O=C(CSc1ccccc1[N+](=O)[O-])c1sccc1Br. The molecule has 2 aromatic rings. The van der Waals surface area contributed by atoms with E-state index in [1.165, 1.54) is 29.2 Å². The third-order valence-corrected chi connectivity index (χ3v) is 5.23. The zero-order chi connectivity index (χ0) is 13.8. The highest BCUT2D eigenvalue weighted by Crippen LogP contribution is 2.31. The van der Waals surface area contributed by atoms with Crippen molar-refractivity contribution >= 4 is 50.5 Å². The normalized spacial score (nSPS) is 10.4. The van der Waals surface area contributed by atoms with Crippen molar-refractivity contribution in [3.63, 3.8) is 0 Å². The van der Waals surface area contributed by atoms with Gasteiger partial charge in [-0.05, 0) is 33.4 Å². The van der Waals surface area contributed by atoms with E-state index in [4.69, 9.17) is 0 Å². The number of thiophene rings is 1. The first-order chi connectivity index (χ1) is 9.09. The lowest BCUT2D eigenvalue weighted by Crippen LogP contribution is -2.01. The number of nitro groups is 1. The molecule has 0 bridgehead atoms. The van der Waals surface area contributed by atoms with Gasteiger partial charge in [0, 0.05) is 10.5 Å². The Morgan fingerprint density at radius 2 is 2.11 bits per heavy atom. The number of carbonyl (C=O) groups excluding carboxylic acids is 1. The van der Waals surface area contributed by atoms with Crippen molar-refractivity contribution in [2.24, 2.45) is 0 Å². The largest absolute Gasteiger partial charge is 0.292 e. The van der Waals surface area contributed by atoms with Gasteiger partial charge in [-0.2, -0.15) is 0 Å². The molecule has 19 heavy (non-hydrogen) atoms. The number of hydrogen-bond donors (Lipinski definition) is 0. The van der Waals surface area contributed by atoms with Gasteiger partial charge in [-0.15, -0.1) is 23.1 Å². The number of halogens is 1. The summed E-state index contributed by atoms with van der Waals surface area (Å²) in [5, 5.41) is 12.7. The van der Waals surface area contributed by atoms with Crippen LogP contribution in [0.2, 0.25) is 0 Å². The maximum Gasteiger partial charge on any atom is 0.282 e. The van der Waals surface area contributed by atoms with Gasteiger partial charge in [0.1, 0.15) is 0 Å². The van der Waals surface area contributed by atoms with Gasteiger partial charge < -0.3 is 0 Å². The fourth-order valence-electron chi connectivity index (χ4n) is 1.43. The number of benzene rings is 1. The van der Waals surface area contributed by atoms with E-state index in [2.05, 4.69) is 15.9 Å². The summed E-state index contributed by atoms with van der Waals surface area (Å²) in [7, 11) is 0. The molecule has 7 heteroatoms. The number of ketones is 1. The molecular formula is C12H8BrNO3S2. The van der Waals surface area contributed by atoms with Crippen molar-refractivity contribution in [3.8, 4) is 0 Å². The second-order valence-electron chi connectivity index (χ2n) is 3.53. The number of hydrogen-bond acceptors (Lipinski definition) is 5. The molecule has 0 aliphatic carbocycles. The standard InChI is InChI=1S/C12H8BrNO3S2/c13-8-5-6-18-12(8)10(15)7-19-11-4-2-1-3-9(11)14(16)17/h1-6H,7H2. The Balaban J connectivity index is 2.10. The topological polar surface area (TPSA) is 60.2 Å². The Hall–Kier alpha value is -1.18. The molecule has 1 aromatic heterocycles. The molecule has 0 radical (unpaired) electrons. The molecule has 0 spiro atoms. The van der Waals surface area contributed by atoms with Crippen LogP contribution >= 0.6 is 39.0 Å². The highest BCUT2D eigenvalue weighted by atomic mass is 79.9. The second kappa shape index (κ2) is 6.31. The molecule has 0 saturated heterocycles. The third kappa shape index (κ3) is 3.43. The Morgan fingerprint density at radius 1 is 1.37 bits per heavy atom. The first kappa shape index (κ1) is 14.2. The summed E-state index contributed by atoms with van der Waals surface area (Å²) in [5.74, 6) is 0.147. The van der Waals surface area contributed by atoms with Crippen LogP contribution in [0.3, 0.4) is 0 Å².